The van der Waals surface area contributed by atoms with Crippen molar-refractivity contribution >= 4 is 17.3 Å². The zero-order valence-corrected chi connectivity index (χ0v) is 15.1. The molecule has 0 saturated heterocycles. The van der Waals surface area contributed by atoms with Crippen LogP contribution in [0.15, 0.2) is 58.0 Å². The van der Waals surface area contributed by atoms with Crippen LogP contribution in [0.4, 0.5) is 5.69 Å². The second-order valence-electron chi connectivity index (χ2n) is 6.38. The van der Waals surface area contributed by atoms with Gasteiger partial charge >= 0.3 is 0 Å². The van der Waals surface area contributed by atoms with Gasteiger partial charge in [-0.05, 0) is 24.6 Å². The van der Waals surface area contributed by atoms with Crippen molar-refractivity contribution in [2.24, 2.45) is 4.99 Å². The molecule has 8 nitrogen and oxygen atoms in total. The summed E-state index contributed by atoms with van der Waals surface area (Å²) >= 11 is 0. The molecule has 1 aromatic carbocycles. The summed E-state index contributed by atoms with van der Waals surface area (Å²) in [7, 11) is 0. The molecule has 0 spiro atoms. The molecule has 1 unspecified atom stereocenters. The van der Waals surface area contributed by atoms with E-state index in [0.29, 0.717) is 23.7 Å². The zero-order chi connectivity index (χ0) is 19.5. The fourth-order valence-corrected chi connectivity index (χ4v) is 2.78. The molecule has 1 aliphatic rings. The van der Waals surface area contributed by atoms with Gasteiger partial charge in [0.15, 0.2) is 6.23 Å². The average Bonchev–Trinajstić information content (AvgIpc) is 3.10. The first-order valence-electron chi connectivity index (χ1n) is 8.74. The molecule has 1 amide bonds. The predicted molar refractivity (Wildman–Crippen MR) is 101 cm³/mol. The Balaban J connectivity index is 1.49. The standard InChI is InChI=1S/C20H18N4O4/c1-12-7-8-15-20(21-12)27-11-17(19(26)22-15)23-18(25)16-10-14(28-24-16)9-13-5-3-2-4-6-13/h2-8,10,18,25H,9,11H2,1H3,(H,22,26). The third-order valence-corrected chi connectivity index (χ3v) is 4.20. The Morgan fingerprint density at radius 3 is 2.89 bits per heavy atom. The Hall–Kier alpha value is -3.52. The number of amides is 1. The highest BCUT2D eigenvalue weighted by Gasteiger charge is 2.23. The molecule has 1 aliphatic heterocycles. The van der Waals surface area contributed by atoms with E-state index < -0.39 is 12.1 Å². The van der Waals surface area contributed by atoms with Crippen molar-refractivity contribution in [2.45, 2.75) is 19.6 Å². The van der Waals surface area contributed by atoms with Crippen molar-refractivity contribution in [1.82, 2.24) is 10.1 Å². The van der Waals surface area contributed by atoms with Crippen LogP contribution in [0.5, 0.6) is 5.88 Å². The molecule has 3 heterocycles. The van der Waals surface area contributed by atoms with E-state index in [-0.39, 0.29) is 18.0 Å². The minimum Gasteiger partial charge on any atom is -0.469 e. The van der Waals surface area contributed by atoms with Crippen LogP contribution in [0.25, 0.3) is 0 Å². The second kappa shape index (κ2) is 7.61. The van der Waals surface area contributed by atoms with Gasteiger partial charge < -0.3 is 19.7 Å². The number of benzene rings is 1. The summed E-state index contributed by atoms with van der Waals surface area (Å²) in [4.78, 5) is 20.7. The third kappa shape index (κ3) is 3.91. The Morgan fingerprint density at radius 2 is 2.07 bits per heavy atom. The molecule has 28 heavy (non-hydrogen) atoms. The molecule has 8 heteroatoms. The van der Waals surface area contributed by atoms with Gasteiger partial charge in [0.25, 0.3) is 5.91 Å². The number of aliphatic imine (C=N–C) groups is 1. The summed E-state index contributed by atoms with van der Waals surface area (Å²) < 4.78 is 10.8. The first kappa shape index (κ1) is 17.9. The van der Waals surface area contributed by atoms with E-state index in [0.717, 1.165) is 11.3 Å². The van der Waals surface area contributed by atoms with E-state index >= 15 is 0 Å². The molecule has 0 radical (unpaired) electrons. The molecule has 0 bridgehead atoms. The smallest absolute Gasteiger partial charge is 0.273 e. The maximum atomic E-state index is 12.4. The highest BCUT2D eigenvalue weighted by molar-refractivity contribution is 6.44. The molecule has 0 saturated carbocycles. The minimum atomic E-state index is -1.34. The van der Waals surface area contributed by atoms with Crippen molar-refractivity contribution in [3.05, 3.63) is 71.2 Å². The molecule has 2 aromatic heterocycles. The fraction of sp³-hybridized carbons (Fsp3) is 0.200. The topological polar surface area (TPSA) is 110 Å². The number of hydrogen-bond acceptors (Lipinski definition) is 7. The summed E-state index contributed by atoms with van der Waals surface area (Å²) in [6, 6.07) is 14.9. The van der Waals surface area contributed by atoms with Gasteiger partial charge in [-0.25, -0.2) is 9.98 Å². The Morgan fingerprint density at radius 1 is 1.25 bits per heavy atom. The quantitative estimate of drug-likeness (QED) is 0.722. The number of rotatable bonds is 4. The normalized spacial score (nSPS) is 16.1. The first-order valence-corrected chi connectivity index (χ1v) is 8.74. The van der Waals surface area contributed by atoms with Crippen molar-refractivity contribution in [3.63, 3.8) is 0 Å². The number of pyridine rings is 1. The number of carbonyl (C=O) groups excluding carboxylic acids is 1. The van der Waals surface area contributed by atoms with Crippen LogP contribution in [0.3, 0.4) is 0 Å². The highest BCUT2D eigenvalue weighted by Crippen LogP contribution is 2.25. The number of aryl methyl sites for hydroxylation is 1. The maximum Gasteiger partial charge on any atom is 0.273 e. The van der Waals surface area contributed by atoms with Gasteiger partial charge in [-0.1, -0.05) is 35.5 Å². The van der Waals surface area contributed by atoms with Crippen molar-refractivity contribution in [1.29, 1.82) is 0 Å². The van der Waals surface area contributed by atoms with E-state index in [1.165, 1.54) is 0 Å². The van der Waals surface area contributed by atoms with E-state index in [2.05, 4.69) is 20.4 Å². The summed E-state index contributed by atoms with van der Waals surface area (Å²) in [5, 5.41) is 16.9. The van der Waals surface area contributed by atoms with Gasteiger partial charge in [0, 0.05) is 18.2 Å². The second-order valence-corrected chi connectivity index (χ2v) is 6.38. The molecular weight excluding hydrogens is 360 g/mol. The van der Waals surface area contributed by atoms with Crippen LogP contribution in [-0.2, 0) is 11.2 Å². The van der Waals surface area contributed by atoms with Crippen molar-refractivity contribution in [3.8, 4) is 5.88 Å². The van der Waals surface area contributed by atoms with Crippen LogP contribution in [0.2, 0.25) is 0 Å². The maximum absolute atomic E-state index is 12.4. The number of aliphatic hydroxyl groups excluding tert-OH is 1. The number of aliphatic hydroxyl groups is 1. The fourth-order valence-electron chi connectivity index (χ4n) is 2.78. The van der Waals surface area contributed by atoms with E-state index in [1.807, 2.05) is 37.3 Å². The number of fused-ring (bicyclic) bond motifs is 1. The minimum absolute atomic E-state index is 0.0377. The lowest BCUT2D eigenvalue weighted by atomic mass is 10.1. The average molecular weight is 378 g/mol. The molecule has 0 fully saturated rings. The van der Waals surface area contributed by atoms with Gasteiger partial charge in [-0.15, -0.1) is 0 Å². The van der Waals surface area contributed by atoms with Crippen LogP contribution in [-0.4, -0.2) is 33.5 Å². The van der Waals surface area contributed by atoms with E-state index in [9.17, 15) is 9.90 Å². The lowest BCUT2D eigenvalue weighted by Crippen LogP contribution is -2.26. The lowest BCUT2D eigenvalue weighted by Gasteiger charge is -2.05. The largest absolute Gasteiger partial charge is 0.469 e. The number of nitrogens with zero attached hydrogens (tertiary/aromatic N) is 3. The first-order chi connectivity index (χ1) is 13.6. The van der Waals surface area contributed by atoms with Crippen molar-refractivity contribution in [2.75, 3.05) is 11.9 Å². The number of carbonyl (C=O) groups is 1. The lowest BCUT2D eigenvalue weighted by molar-refractivity contribution is -0.110. The number of hydrogen-bond donors (Lipinski definition) is 2. The molecular formula is C20H18N4O4. The van der Waals surface area contributed by atoms with E-state index in [4.69, 9.17) is 9.26 Å². The van der Waals surface area contributed by atoms with Crippen LogP contribution in [0, 0.1) is 6.92 Å². The van der Waals surface area contributed by atoms with Crippen LogP contribution in [0.1, 0.15) is 28.9 Å². The summed E-state index contributed by atoms with van der Waals surface area (Å²) in [6.07, 6.45) is -0.797. The summed E-state index contributed by atoms with van der Waals surface area (Å²) in [5.41, 5.74) is 2.55. The van der Waals surface area contributed by atoms with Gasteiger partial charge in [0.1, 0.15) is 29.5 Å². The van der Waals surface area contributed by atoms with Crippen LogP contribution >= 0.6 is 0 Å². The molecule has 1 atom stereocenters. The Labute approximate surface area is 160 Å². The van der Waals surface area contributed by atoms with Gasteiger partial charge in [0.05, 0.1) is 0 Å². The molecule has 3 aromatic rings. The molecule has 142 valence electrons. The summed E-state index contributed by atoms with van der Waals surface area (Å²) in [6.45, 7) is 1.72. The van der Waals surface area contributed by atoms with Crippen molar-refractivity contribution < 1.29 is 19.2 Å². The Bertz CT molecular complexity index is 1030. The summed E-state index contributed by atoms with van der Waals surface area (Å²) in [5.74, 6) is 0.449. The van der Waals surface area contributed by atoms with Crippen LogP contribution < -0.4 is 10.1 Å². The number of anilines is 1. The third-order valence-electron chi connectivity index (χ3n) is 4.20. The SMILES string of the molecule is Cc1ccc2c(n1)OCC(=NC(O)c1cc(Cc3ccccc3)on1)C(=O)N2. The number of aromatic nitrogens is 2. The molecule has 2 N–H and O–H groups in total. The molecule has 0 aliphatic carbocycles. The molecule has 4 rings (SSSR count). The van der Waals surface area contributed by atoms with E-state index in [1.54, 1.807) is 18.2 Å². The predicted octanol–water partition coefficient (Wildman–Crippen LogP) is 2.43. The number of ether oxygens (including phenoxy) is 1. The van der Waals surface area contributed by atoms with Gasteiger partial charge in [-0.3, -0.25) is 4.79 Å². The van der Waals surface area contributed by atoms with Gasteiger partial charge in [-0.2, -0.15) is 0 Å². The monoisotopic (exact) mass is 378 g/mol. The highest BCUT2D eigenvalue weighted by atomic mass is 16.5. The Kier molecular flexibility index (Phi) is 4.86. The van der Waals surface area contributed by atoms with Gasteiger partial charge in [0.2, 0.25) is 5.88 Å². The zero-order valence-electron chi connectivity index (χ0n) is 15.1. The number of nitrogens with one attached hydrogen (secondary N) is 1.